The highest BCUT2D eigenvalue weighted by Gasteiger charge is 1.98. The van der Waals surface area contributed by atoms with Crippen LogP contribution in [0.1, 0.15) is 24.3 Å². The van der Waals surface area contributed by atoms with Crippen LogP contribution < -0.4 is 0 Å². The first-order valence-corrected chi connectivity index (χ1v) is 4.45. The molecule has 0 fully saturated rings. The molecule has 0 atom stereocenters. The normalized spacial score (nSPS) is 10.0. The number of rotatable bonds is 2. The van der Waals surface area contributed by atoms with Gasteiger partial charge in [-0.05, 0) is 26.0 Å². The summed E-state index contributed by atoms with van der Waals surface area (Å²) in [6.07, 6.45) is 2.61. The number of allylic oxidation sites excluding steroid dienone is 2. The zero-order valence-electron chi connectivity index (χ0n) is 9.04. The lowest BCUT2D eigenvalue weighted by molar-refractivity contribution is -0.112. The number of carbonyl (C=O) groups is 2. The third-order valence-corrected chi connectivity index (χ3v) is 1.30. The second kappa shape index (κ2) is 7.17. The van der Waals surface area contributed by atoms with Crippen LogP contribution in [0.15, 0.2) is 36.2 Å². The summed E-state index contributed by atoms with van der Waals surface area (Å²) in [7, 11) is 0. The van der Waals surface area contributed by atoms with Crippen LogP contribution in [0.4, 0.5) is 0 Å². The van der Waals surface area contributed by atoms with Gasteiger partial charge in [0.05, 0.1) is 5.76 Å². The lowest BCUT2D eigenvalue weighted by Crippen LogP contribution is -1.97. The van der Waals surface area contributed by atoms with E-state index in [0.717, 1.165) is 0 Å². The van der Waals surface area contributed by atoms with Gasteiger partial charge in [-0.1, -0.05) is 6.07 Å². The quantitative estimate of drug-likeness (QED) is 0.589. The molecule has 0 saturated heterocycles. The van der Waals surface area contributed by atoms with Crippen LogP contribution in [0, 0.1) is 0 Å². The number of aliphatic hydroxyl groups is 1. The van der Waals surface area contributed by atoms with Gasteiger partial charge >= 0.3 is 5.97 Å². The van der Waals surface area contributed by atoms with E-state index in [1.807, 2.05) is 0 Å². The molecular formula is C11H13NO4. The number of hydrogen-bond donors (Lipinski definition) is 2. The topological polar surface area (TPSA) is 87.5 Å². The largest absolute Gasteiger partial charge is 0.512 e. The maximum absolute atomic E-state index is 10.1. The Morgan fingerprint density at radius 3 is 2.06 bits per heavy atom. The van der Waals surface area contributed by atoms with Gasteiger partial charge in [0.25, 0.3) is 0 Å². The molecule has 5 heteroatoms. The summed E-state index contributed by atoms with van der Waals surface area (Å²) in [5.74, 6) is -1.05. The minimum atomic E-state index is -0.990. The SMILES string of the molecule is CC(=O)/C=C(/C)O.O=C(O)c1ccccn1. The molecule has 5 nitrogen and oxygen atoms in total. The Morgan fingerprint density at radius 2 is 1.88 bits per heavy atom. The molecular weight excluding hydrogens is 210 g/mol. The summed E-state index contributed by atoms with van der Waals surface area (Å²) in [5, 5.41) is 16.7. The molecule has 86 valence electrons. The Kier molecular flexibility index (Phi) is 6.19. The number of aliphatic hydroxyl groups excluding tert-OH is 1. The van der Waals surface area contributed by atoms with Crippen molar-refractivity contribution in [2.45, 2.75) is 13.8 Å². The summed E-state index contributed by atoms with van der Waals surface area (Å²) in [6, 6.07) is 4.76. The first kappa shape index (κ1) is 13.8. The highest BCUT2D eigenvalue weighted by atomic mass is 16.4. The number of carbonyl (C=O) groups excluding carboxylic acids is 1. The summed E-state index contributed by atoms with van der Waals surface area (Å²) in [6.45, 7) is 2.85. The number of carboxylic acids is 1. The monoisotopic (exact) mass is 223 g/mol. The summed E-state index contributed by atoms with van der Waals surface area (Å²) < 4.78 is 0. The van der Waals surface area contributed by atoms with Gasteiger partial charge in [0.1, 0.15) is 5.69 Å². The van der Waals surface area contributed by atoms with Crippen LogP contribution in [0.5, 0.6) is 0 Å². The van der Waals surface area contributed by atoms with E-state index in [1.165, 1.54) is 32.2 Å². The standard InChI is InChI=1S/C6H5NO2.C5H8O2/c8-6(9)5-3-1-2-4-7-5;1-4(6)3-5(2)7/h1-4H,(H,8,9);3,6H,1-2H3/b;4-3-. The Hall–Kier alpha value is -2.17. The number of carboxylic acid groups (broad SMARTS) is 1. The van der Waals surface area contributed by atoms with Crippen LogP contribution in [0.2, 0.25) is 0 Å². The van der Waals surface area contributed by atoms with Gasteiger partial charge in [0, 0.05) is 12.3 Å². The van der Waals surface area contributed by atoms with Crippen molar-refractivity contribution in [3.05, 3.63) is 41.9 Å². The smallest absolute Gasteiger partial charge is 0.354 e. The zero-order valence-corrected chi connectivity index (χ0v) is 9.04. The molecule has 0 aliphatic rings. The van der Waals surface area contributed by atoms with E-state index in [-0.39, 0.29) is 17.2 Å². The Labute approximate surface area is 93.1 Å². The molecule has 0 radical (unpaired) electrons. The molecule has 0 bridgehead atoms. The Bertz CT molecular complexity index is 380. The van der Waals surface area contributed by atoms with Crippen molar-refractivity contribution in [1.82, 2.24) is 4.98 Å². The van der Waals surface area contributed by atoms with Crippen LogP contribution >= 0.6 is 0 Å². The summed E-state index contributed by atoms with van der Waals surface area (Å²) in [5.41, 5.74) is 0.0810. The van der Waals surface area contributed by atoms with Crippen LogP contribution in [0.25, 0.3) is 0 Å². The van der Waals surface area contributed by atoms with Crippen molar-refractivity contribution in [2.75, 3.05) is 0 Å². The van der Waals surface area contributed by atoms with Crippen LogP contribution in [-0.4, -0.2) is 26.9 Å². The fraction of sp³-hybridized carbons (Fsp3) is 0.182. The number of pyridine rings is 1. The molecule has 1 aromatic heterocycles. The van der Waals surface area contributed by atoms with E-state index in [0.29, 0.717) is 0 Å². The molecule has 1 rings (SSSR count). The van der Waals surface area contributed by atoms with Gasteiger partial charge in [-0.2, -0.15) is 0 Å². The van der Waals surface area contributed by atoms with Crippen LogP contribution in [-0.2, 0) is 4.79 Å². The minimum Gasteiger partial charge on any atom is -0.512 e. The minimum absolute atomic E-state index is 0.0625. The van der Waals surface area contributed by atoms with Crippen molar-refractivity contribution in [2.24, 2.45) is 0 Å². The highest BCUT2D eigenvalue weighted by molar-refractivity contribution is 5.87. The number of aromatic nitrogens is 1. The maximum Gasteiger partial charge on any atom is 0.354 e. The van der Waals surface area contributed by atoms with Gasteiger partial charge in [-0.3, -0.25) is 4.79 Å². The first-order chi connectivity index (χ1) is 7.43. The van der Waals surface area contributed by atoms with E-state index in [1.54, 1.807) is 12.1 Å². The van der Waals surface area contributed by atoms with Gasteiger partial charge in [0.15, 0.2) is 5.78 Å². The lowest BCUT2D eigenvalue weighted by atomic mass is 10.4. The second-order valence-electron chi connectivity index (χ2n) is 2.92. The second-order valence-corrected chi connectivity index (χ2v) is 2.92. The predicted molar refractivity (Wildman–Crippen MR) is 58.3 cm³/mol. The van der Waals surface area contributed by atoms with Gasteiger partial charge in [0.2, 0.25) is 0 Å². The van der Waals surface area contributed by atoms with E-state index in [9.17, 15) is 9.59 Å². The fourth-order valence-electron chi connectivity index (χ4n) is 0.783. The van der Waals surface area contributed by atoms with Crippen molar-refractivity contribution in [1.29, 1.82) is 0 Å². The average Bonchev–Trinajstić information content (AvgIpc) is 2.17. The molecule has 0 aromatic carbocycles. The van der Waals surface area contributed by atoms with Crippen molar-refractivity contribution < 1.29 is 19.8 Å². The number of hydrogen-bond acceptors (Lipinski definition) is 4. The molecule has 0 aliphatic heterocycles. The lowest BCUT2D eigenvalue weighted by Gasteiger charge is -1.87. The first-order valence-electron chi connectivity index (χ1n) is 4.45. The van der Waals surface area contributed by atoms with E-state index in [4.69, 9.17) is 10.2 Å². The van der Waals surface area contributed by atoms with Crippen molar-refractivity contribution in [3.63, 3.8) is 0 Å². The third-order valence-electron chi connectivity index (χ3n) is 1.30. The van der Waals surface area contributed by atoms with E-state index in [2.05, 4.69) is 4.98 Å². The van der Waals surface area contributed by atoms with Crippen LogP contribution in [0.3, 0.4) is 0 Å². The van der Waals surface area contributed by atoms with Crippen molar-refractivity contribution >= 4 is 11.8 Å². The average molecular weight is 223 g/mol. The molecule has 0 amide bonds. The molecule has 2 N–H and O–H groups in total. The predicted octanol–water partition coefficient (Wildman–Crippen LogP) is 1.82. The molecule has 0 saturated carbocycles. The molecule has 0 spiro atoms. The molecule has 16 heavy (non-hydrogen) atoms. The summed E-state index contributed by atoms with van der Waals surface area (Å²) >= 11 is 0. The fourth-order valence-corrected chi connectivity index (χ4v) is 0.783. The van der Waals surface area contributed by atoms with E-state index < -0.39 is 5.97 Å². The third kappa shape index (κ3) is 7.25. The Morgan fingerprint density at radius 1 is 1.25 bits per heavy atom. The molecule has 1 heterocycles. The summed E-state index contributed by atoms with van der Waals surface area (Å²) in [4.78, 5) is 23.7. The maximum atomic E-state index is 10.1. The molecule has 0 unspecified atom stereocenters. The molecule has 1 aromatic rings. The van der Waals surface area contributed by atoms with Gasteiger partial charge in [-0.25, -0.2) is 9.78 Å². The number of aromatic carboxylic acids is 1. The zero-order chi connectivity index (χ0) is 12.6. The highest BCUT2D eigenvalue weighted by Crippen LogP contribution is 1.90. The number of ketones is 1. The van der Waals surface area contributed by atoms with Gasteiger partial charge < -0.3 is 10.2 Å². The van der Waals surface area contributed by atoms with E-state index >= 15 is 0 Å². The van der Waals surface area contributed by atoms with Gasteiger partial charge in [-0.15, -0.1) is 0 Å². The Balaban J connectivity index is 0.000000293. The molecule has 0 aliphatic carbocycles. The number of nitrogens with zero attached hydrogens (tertiary/aromatic N) is 1. The van der Waals surface area contributed by atoms with Crippen molar-refractivity contribution in [3.8, 4) is 0 Å².